The Balaban J connectivity index is 2.35. The van der Waals surface area contributed by atoms with Crippen molar-refractivity contribution in [2.45, 2.75) is 32.9 Å². The van der Waals surface area contributed by atoms with E-state index >= 15 is 0 Å². The predicted octanol–water partition coefficient (Wildman–Crippen LogP) is 3.59. The molecule has 0 radical (unpaired) electrons. The molecule has 5 heteroatoms. The molecule has 1 aromatic heterocycles. The first-order chi connectivity index (χ1) is 8.50. The molecule has 0 aromatic carbocycles. The number of ether oxygens (including phenoxy) is 2. The molecule has 0 saturated heterocycles. The minimum Gasteiger partial charge on any atom is -0.379 e. The first-order valence-corrected chi connectivity index (χ1v) is 7.86. The van der Waals surface area contributed by atoms with Gasteiger partial charge in [0.05, 0.1) is 13.2 Å². The summed E-state index contributed by atoms with van der Waals surface area (Å²) < 4.78 is 12.4. The van der Waals surface area contributed by atoms with Gasteiger partial charge in [0.1, 0.15) is 6.10 Å². The summed E-state index contributed by atoms with van der Waals surface area (Å²) in [4.78, 5) is 1.15. The van der Waals surface area contributed by atoms with E-state index in [0.717, 1.165) is 16.0 Å². The van der Waals surface area contributed by atoms with Crippen LogP contribution in [0.3, 0.4) is 0 Å². The smallest absolute Gasteiger partial charge is 0.107 e. The Morgan fingerprint density at radius 3 is 2.56 bits per heavy atom. The molecule has 0 aliphatic rings. The summed E-state index contributed by atoms with van der Waals surface area (Å²) >= 11 is 5.11. The van der Waals surface area contributed by atoms with Gasteiger partial charge in [-0.2, -0.15) is 0 Å². The van der Waals surface area contributed by atoms with Gasteiger partial charge in [0.2, 0.25) is 0 Å². The van der Waals surface area contributed by atoms with E-state index in [0.29, 0.717) is 19.1 Å². The molecule has 0 saturated carbocycles. The molecule has 0 fully saturated rings. The fourth-order valence-corrected chi connectivity index (χ4v) is 3.13. The quantitative estimate of drug-likeness (QED) is 0.738. The van der Waals surface area contributed by atoms with Crippen LogP contribution in [0.2, 0.25) is 0 Å². The summed E-state index contributed by atoms with van der Waals surface area (Å²) in [5.41, 5.74) is 5.97. The molecule has 0 bridgehead atoms. The van der Waals surface area contributed by atoms with Crippen LogP contribution in [0.5, 0.6) is 0 Å². The predicted molar refractivity (Wildman–Crippen MR) is 80.0 cm³/mol. The normalized spacial score (nSPS) is 15.0. The number of nitrogens with two attached hydrogens (primary N) is 1. The lowest BCUT2D eigenvalue weighted by Gasteiger charge is -2.20. The molecule has 0 spiro atoms. The van der Waals surface area contributed by atoms with Crippen molar-refractivity contribution in [1.82, 2.24) is 0 Å². The van der Waals surface area contributed by atoms with Crippen LogP contribution in [-0.2, 0) is 9.47 Å². The maximum atomic E-state index is 5.97. The third-order valence-electron chi connectivity index (χ3n) is 2.32. The first-order valence-electron chi connectivity index (χ1n) is 6.19. The van der Waals surface area contributed by atoms with Crippen molar-refractivity contribution in [2.75, 3.05) is 19.8 Å². The van der Waals surface area contributed by atoms with Crippen molar-refractivity contribution in [3.63, 3.8) is 0 Å². The monoisotopic (exact) mass is 335 g/mol. The average Bonchev–Trinajstić information content (AvgIpc) is 2.69. The number of hydrogen-bond donors (Lipinski definition) is 1. The van der Waals surface area contributed by atoms with Gasteiger partial charge in [0.15, 0.2) is 0 Å². The summed E-state index contributed by atoms with van der Waals surface area (Å²) in [7, 11) is 0. The highest BCUT2D eigenvalue weighted by Crippen LogP contribution is 2.29. The van der Waals surface area contributed by atoms with Crippen LogP contribution < -0.4 is 5.73 Å². The van der Waals surface area contributed by atoms with E-state index in [2.05, 4.69) is 35.8 Å². The molecule has 1 rings (SSSR count). The van der Waals surface area contributed by atoms with E-state index in [9.17, 15) is 0 Å². The Bertz CT molecular complexity index is 341. The second-order valence-electron chi connectivity index (χ2n) is 4.79. The lowest BCUT2D eigenvalue weighted by molar-refractivity contribution is -0.00815. The topological polar surface area (TPSA) is 44.5 Å². The molecule has 1 heterocycles. The number of thiophene rings is 1. The van der Waals surface area contributed by atoms with Crippen LogP contribution in [0, 0.1) is 5.92 Å². The van der Waals surface area contributed by atoms with Crippen molar-refractivity contribution in [2.24, 2.45) is 11.7 Å². The van der Waals surface area contributed by atoms with Gasteiger partial charge in [-0.15, -0.1) is 11.3 Å². The highest BCUT2D eigenvalue weighted by atomic mass is 79.9. The summed E-state index contributed by atoms with van der Waals surface area (Å²) in [5, 5.41) is 2.04. The van der Waals surface area contributed by atoms with Crippen LogP contribution in [-0.4, -0.2) is 25.9 Å². The van der Waals surface area contributed by atoms with E-state index in [1.807, 2.05) is 12.3 Å². The second-order valence-corrected chi connectivity index (χ2v) is 6.65. The molecule has 2 atom stereocenters. The minimum atomic E-state index is -0.0519. The third-order valence-corrected chi connectivity index (χ3v) is 4.08. The third kappa shape index (κ3) is 5.80. The highest BCUT2D eigenvalue weighted by molar-refractivity contribution is 9.10. The van der Waals surface area contributed by atoms with E-state index in [1.54, 1.807) is 11.3 Å². The molecule has 0 amide bonds. The Labute approximate surface area is 122 Å². The van der Waals surface area contributed by atoms with E-state index in [1.165, 1.54) is 0 Å². The lowest BCUT2D eigenvalue weighted by atomic mass is 10.1. The van der Waals surface area contributed by atoms with Crippen LogP contribution in [0.1, 0.15) is 31.8 Å². The van der Waals surface area contributed by atoms with Gasteiger partial charge in [0.25, 0.3) is 0 Å². The first kappa shape index (κ1) is 16.1. The maximum absolute atomic E-state index is 5.97. The molecule has 1 aromatic rings. The Morgan fingerprint density at radius 1 is 1.33 bits per heavy atom. The highest BCUT2D eigenvalue weighted by Gasteiger charge is 2.18. The fraction of sp³-hybridized carbons (Fsp3) is 0.692. The molecular formula is C13H22BrNO2S. The standard InChI is InChI=1S/C13H22BrNO2S/c1-9(2)7-16-4-5-17-13(10(3)15)12-6-11(14)8-18-12/h6,8-10,13H,4-5,7,15H2,1-3H3. The van der Waals surface area contributed by atoms with Gasteiger partial charge in [-0.3, -0.25) is 0 Å². The minimum absolute atomic E-state index is 0.0272. The summed E-state index contributed by atoms with van der Waals surface area (Å²) in [6.45, 7) is 8.20. The summed E-state index contributed by atoms with van der Waals surface area (Å²) in [6, 6.07) is 2.04. The van der Waals surface area contributed by atoms with Crippen molar-refractivity contribution in [1.29, 1.82) is 0 Å². The van der Waals surface area contributed by atoms with E-state index < -0.39 is 0 Å². The molecule has 104 valence electrons. The molecule has 18 heavy (non-hydrogen) atoms. The molecule has 0 aliphatic heterocycles. The molecular weight excluding hydrogens is 314 g/mol. The molecule has 2 N–H and O–H groups in total. The van der Waals surface area contributed by atoms with Gasteiger partial charge in [-0.05, 0) is 34.8 Å². The summed E-state index contributed by atoms with van der Waals surface area (Å²) in [5.74, 6) is 0.558. The Hall–Kier alpha value is 0.0600. The largest absolute Gasteiger partial charge is 0.379 e. The number of rotatable bonds is 8. The second kappa shape index (κ2) is 8.27. The zero-order valence-electron chi connectivity index (χ0n) is 11.2. The van der Waals surface area contributed by atoms with Crippen LogP contribution in [0.25, 0.3) is 0 Å². The van der Waals surface area contributed by atoms with E-state index in [4.69, 9.17) is 15.2 Å². The van der Waals surface area contributed by atoms with Gasteiger partial charge in [0, 0.05) is 27.4 Å². The number of hydrogen-bond acceptors (Lipinski definition) is 4. The van der Waals surface area contributed by atoms with Gasteiger partial charge < -0.3 is 15.2 Å². The van der Waals surface area contributed by atoms with Gasteiger partial charge >= 0.3 is 0 Å². The Morgan fingerprint density at radius 2 is 2.06 bits per heavy atom. The fourth-order valence-electron chi connectivity index (χ4n) is 1.52. The Kier molecular flexibility index (Phi) is 7.41. The lowest BCUT2D eigenvalue weighted by Crippen LogP contribution is -2.27. The van der Waals surface area contributed by atoms with Crippen molar-refractivity contribution in [3.8, 4) is 0 Å². The molecule has 3 nitrogen and oxygen atoms in total. The van der Waals surface area contributed by atoms with E-state index in [-0.39, 0.29) is 12.1 Å². The zero-order valence-corrected chi connectivity index (χ0v) is 13.6. The molecule has 2 unspecified atom stereocenters. The zero-order chi connectivity index (χ0) is 13.5. The van der Waals surface area contributed by atoms with Crippen LogP contribution in [0.4, 0.5) is 0 Å². The SMILES string of the molecule is CC(C)COCCOC(c1cc(Br)cs1)C(C)N. The number of halogens is 1. The van der Waals surface area contributed by atoms with Crippen LogP contribution in [0.15, 0.2) is 15.9 Å². The maximum Gasteiger partial charge on any atom is 0.107 e. The summed E-state index contributed by atoms with van der Waals surface area (Å²) in [6.07, 6.45) is -0.0519. The van der Waals surface area contributed by atoms with Gasteiger partial charge in [-0.25, -0.2) is 0 Å². The average molecular weight is 336 g/mol. The van der Waals surface area contributed by atoms with Gasteiger partial charge in [-0.1, -0.05) is 13.8 Å². The van der Waals surface area contributed by atoms with Crippen molar-refractivity contribution < 1.29 is 9.47 Å². The molecule has 0 aliphatic carbocycles. The van der Waals surface area contributed by atoms with Crippen molar-refractivity contribution in [3.05, 3.63) is 20.8 Å². The van der Waals surface area contributed by atoms with Crippen molar-refractivity contribution >= 4 is 27.3 Å². The van der Waals surface area contributed by atoms with Crippen LogP contribution >= 0.6 is 27.3 Å².